The molecule has 0 spiro atoms. The normalized spacial score (nSPS) is 20.3. The molecule has 1 aliphatic heterocycles. The van der Waals surface area contributed by atoms with Crippen LogP contribution in [0.25, 0.3) is 0 Å². The number of rotatable bonds is 2. The van der Waals surface area contributed by atoms with E-state index in [0.29, 0.717) is 17.1 Å². The van der Waals surface area contributed by atoms with E-state index in [9.17, 15) is 9.59 Å². The van der Waals surface area contributed by atoms with Crippen LogP contribution in [0.15, 0.2) is 32.8 Å². The van der Waals surface area contributed by atoms with Crippen molar-refractivity contribution < 1.29 is 18.7 Å². The Hall–Kier alpha value is -2.08. The quantitative estimate of drug-likeness (QED) is 0.793. The smallest absolute Gasteiger partial charge is 0.348 e. The predicted molar refractivity (Wildman–Crippen MR) is 72.3 cm³/mol. The van der Waals surface area contributed by atoms with Crippen molar-refractivity contribution in [2.75, 3.05) is 7.11 Å². The van der Waals surface area contributed by atoms with Gasteiger partial charge in [0.15, 0.2) is 0 Å². The number of carbonyl (C=O) groups is 1. The van der Waals surface area contributed by atoms with Gasteiger partial charge >= 0.3 is 11.6 Å². The Balaban J connectivity index is 2.17. The summed E-state index contributed by atoms with van der Waals surface area (Å²) in [7, 11) is 1.30. The van der Waals surface area contributed by atoms with Crippen LogP contribution in [0.1, 0.15) is 22.1 Å². The van der Waals surface area contributed by atoms with Gasteiger partial charge in [0.05, 0.1) is 18.6 Å². The minimum absolute atomic E-state index is 0.383. The zero-order valence-corrected chi connectivity index (χ0v) is 11.7. The molecule has 3 heterocycles. The van der Waals surface area contributed by atoms with Gasteiger partial charge in [-0.3, -0.25) is 0 Å². The molecule has 2 atom stereocenters. The second kappa shape index (κ2) is 4.79. The molecular weight excluding hydrogens is 280 g/mol. The number of carbonyl (C=O) groups excluding carboxylic acids is 1. The molecular formula is C14H12O5S. The summed E-state index contributed by atoms with van der Waals surface area (Å²) in [6.45, 7) is 1.66. The Morgan fingerprint density at radius 1 is 1.45 bits per heavy atom. The summed E-state index contributed by atoms with van der Waals surface area (Å²) in [5.41, 5.74) is -0.0850. The van der Waals surface area contributed by atoms with Crippen LogP contribution in [0.5, 0.6) is 5.75 Å². The predicted octanol–water partition coefficient (Wildman–Crippen LogP) is 2.08. The van der Waals surface area contributed by atoms with Gasteiger partial charge in [-0.25, -0.2) is 9.59 Å². The average molecular weight is 292 g/mol. The second-order valence-corrected chi connectivity index (χ2v) is 5.46. The van der Waals surface area contributed by atoms with Gasteiger partial charge < -0.3 is 13.9 Å². The lowest BCUT2D eigenvalue weighted by molar-refractivity contribution is -0.148. The number of methoxy groups -OCH3 is 1. The molecule has 2 aromatic rings. The number of esters is 1. The number of aryl methyl sites for hydroxylation is 1. The molecule has 5 nitrogen and oxygen atoms in total. The van der Waals surface area contributed by atoms with E-state index in [0.717, 1.165) is 4.88 Å². The van der Waals surface area contributed by atoms with Crippen LogP contribution in [0.3, 0.4) is 0 Å². The second-order valence-electron chi connectivity index (χ2n) is 4.48. The zero-order valence-electron chi connectivity index (χ0n) is 10.9. The lowest BCUT2D eigenvalue weighted by Gasteiger charge is -2.14. The van der Waals surface area contributed by atoms with E-state index in [1.165, 1.54) is 18.4 Å². The van der Waals surface area contributed by atoms with Crippen LogP contribution in [0, 0.1) is 6.92 Å². The number of fused-ring (bicyclic) bond motifs is 1. The highest BCUT2D eigenvalue weighted by atomic mass is 32.1. The van der Waals surface area contributed by atoms with E-state index in [-0.39, 0.29) is 0 Å². The summed E-state index contributed by atoms with van der Waals surface area (Å²) in [6.07, 6.45) is -0.849. The molecule has 0 amide bonds. The van der Waals surface area contributed by atoms with Gasteiger partial charge in [0, 0.05) is 10.9 Å². The fraction of sp³-hybridized carbons (Fsp3) is 0.286. The highest BCUT2D eigenvalue weighted by molar-refractivity contribution is 7.10. The van der Waals surface area contributed by atoms with Crippen LogP contribution < -0.4 is 10.4 Å². The van der Waals surface area contributed by atoms with Gasteiger partial charge in [-0.15, -0.1) is 11.3 Å². The summed E-state index contributed by atoms with van der Waals surface area (Å²) in [6, 6.07) is 5.35. The minimum atomic E-state index is -0.849. The Bertz CT molecular complexity index is 701. The van der Waals surface area contributed by atoms with Crippen molar-refractivity contribution in [1.82, 2.24) is 0 Å². The largest absolute Gasteiger partial charge is 0.477 e. The highest BCUT2D eigenvalue weighted by Crippen LogP contribution is 2.42. The van der Waals surface area contributed by atoms with E-state index in [2.05, 4.69) is 0 Å². The van der Waals surface area contributed by atoms with Crippen molar-refractivity contribution in [3.63, 3.8) is 0 Å². The van der Waals surface area contributed by atoms with E-state index in [1.807, 2.05) is 17.5 Å². The van der Waals surface area contributed by atoms with E-state index in [1.54, 1.807) is 13.0 Å². The van der Waals surface area contributed by atoms with E-state index < -0.39 is 23.6 Å². The first-order chi connectivity index (χ1) is 9.61. The molecule has 6 heteroatoms. The number of ether oxygens (including phenoxy) is 2. The molecule has 0 fully saturated rings. The molecule has 0 saturated heterocycles. The van der Waals surface area contributed by atoms with Crippen molar-refractivity contribution in [2.45, 2.75) is 18.9 Å². The van der Waals surface area contributed by atoms with Crippen molar-refractivity contribution in [3.8, 4) is 5.75 Å². The third-order valence-electron chi connectivity index (χ3n) is 3.22. The lowest BCUT2D eigenvalue weighted by Crippen LogP contribution is -2.31. The van der Waals surface area contributed by atoms with E-state index in [4.69, 9.17) is 13.9 Å². The first-order valence-electron chi connectivity index (χ1n) is 6.04. The van der Waals surface area contributed by atoms with Gasteiger partial charge in [0.25, 0.3) is 0 Å². The number of hydrogen-bond acceptors (Lipinski definition) is 6. The number of hydrogen-bond donors (Lipinski definition) is 0. The molecule has 0 aliphatic carbocycles. The van der Waals surface area contributed by atoms with Gasteiger partial charge in [0.2, 0.25) is 6.10 Å². The average Bonchev–Trinajstić information content (AvgIpc) is 3.03. The molecule has 3 rings (SSSR count). The van der Waals surface area contributed by atoms with Gasteiger partial charge in [0.1, 0.15) is 11.5 Å². The maximum Gasteiger partial charge on any atom is 0.348 e. The van der Waals surface area contributed by atoms with Crippen molar-refractivity contribution in [2.24, 2.45) is 0 Å². The summed E-state index contributed by atoms with van der Waals surface area (Å²) >= 11 is 1.46. The molecule has 0 N–H and O–H groups in total. The Labute approximate surface area is 118 Å². The third-order valence-corrected chi connectivity index (χ3v) is 4.18. The lowest BCUT2D eigenvalue weighted by atomic mass is 9.95. The minimum Gasteiger partial charge on any atom is -0.477 e. The highest BCUT2D eigenvalue weighted by Gasteiger charge is 2.44. The van der Waals surface area contributed by atoms with Crippen LogP contribution in [0.4, 0.5) is 0 Å². The fourth-order valence-electron chi connectivity index (χ4n) is 2.39. The maximum absolute atomic E-state index is 12.1. The first kappa shape index (κ1) is 12.9. The molecule has 20 heavy (non-hydrogen) atoms. The Morgan fingerprint density at radius 2 is 2.25 bits per heavy atom. The standard InChI is InChI=1S/C14H12O5S/c1-7-6-8-10(13(15)18-7)11(9-4-3-5-20-9)12(19-8)14(16)17-2/h3-6,11-12H,1-2H3/t11-,12+/m1/s1. The van der Waals surface area contributed by atoms with Crippen LogP contribution in [-0.4, -0.2) is 19.2 Å². The van der Waals surface area contributed by atoms with Crippen molar-refractivity contribution in [1.29, 1.82) is 0 Å². The monoisotopic (exact) mass is 292 g/mol. The Morgan fingerprint density at radius 3 is 2.90 bits per heavy atom. The van der Waals surface area contributed by atoms with Crippen LogP contribution in [-0.2, 0) is 9.53 Å². The SMILES string of the molecule is COC(=O)[C@H]1Oc2cc(C)oc(=O)c2[C@H]1c1cccs1. The molecule has 0 bridgehead atoms. The molecule has 104 valence electrons. The Kier molecular flexibility index (Phi) is 3.10. The van der Waals surface area contributed by atoms with Gasteiger partial charge in [-0.2, -0.15) is 0 Å². The van der Waals surface area contributed by atoms with Crippen LogP contribution in [0.2, 0.25) is 0 Å². The first-order valence-corrected chi connectivity index (χ1v) is 6.92. The molecule has 2 aromatic heterocycles. The number of thiophene rings is 1. The summed E-state index contributed by atoms with van der Waals surface area (Å²) in [5.74, 6) is -0.136. The topological polar surface area (TPSA) is 65.7 Å². The van der Waals surface area contributed by atoms with Gasteiger partial charge in [-0.05, 0) is 18.4 Å². The molecule has 0 saturated carbocycles. The maximum atomic E-state index is 12.1. The van der Waals surface area contributed by atoms with Crippen molar-refractivity contribution >= 4 is 17.3 Å². The molecule has 0 radical (unpaired) electrons. The fourth-order valence-corrected chi connectivity index (χ4v) is 3.25. The molecule has 1 aliphatic rings. The zero-order chi connectivity index (χ0) is 14.3. The van der Waals surface area contributed by atoms with Crippen molar-refractivity contribution in [3.05, 3.63) is 50.2 Å². The van der Waals surface area contributed by atoms with E-state index >= 15 is 0 Å². The molecule has 0 unspecified atom stereocenters. The van der Waals surface area contributed by atoms with Gasteiger partial charge in [-0.1, -0.05) is 6.07 Å². The summed E-state index contributed by atoms with van der Waals surface area (Å²) in [5, 5.41) is 1.89. The summed E-state index contributed by atoms with van der Waals surface area (Å²) in [4.78, 5) is 24.9. The van der Waals surface area contributed by atoms with Crippen LogP contribution >= 0.6 is 11.3 Å². The third kappa shape index (κ3) is 1.92. The molecule has 0 aromatic carbocycles. The summed E-state index contributed by atoms with van der Waals surface area (Å²) < 4.78 is 15.5.